The van der Waals surface area contributed by atoms with E-state index in [-0.39, 0.29) is 23.8 Å². The van der Waals surface area contributed by atoms with E-state index in [9.17, 15) is 23.1 Å². The van der Waals surface area contributed by atoms with Gasteiger partial charge in [-0.1, -0.05) is 30.9 Å². The second kappa shape index (κ2) is 15.1. The summed E-state index contributed by atoms with van der Waals surface area (Å²) in [5.41, 5.74) is 3.42. The Hall–Kier alpha value is -3.11. The van der Waals surface area contributed by atoms with Gasteiger partial charge >= 0.3 is 6.18 Å². The standard InChI is InChI=1S/C26H38F3N5O2/c1-7-23(34(8-2)9-3)16-24(35)20(4)17-30-31-25(36)19-33(6)14-13-32(5)18-21-11-10-12-22(15-21)26(27,28)29/h7,10-12,15-17,35H,4,8-9,13-14,18-19H2,1-3,5-6H3,(H,31,36)/b23-7+,24-16+,30-17+. The third kappa shape index (κ3) is 11.1. The number of hydrazone groups is 1. The lowest BCUT2D eigenvalue weighted by atomic mass is 10.1. The predicted octanol–water partition coefficient (Wildman–Crippen LogP) is 4.41. The van der Waals surface area contributed by atoms with Crippen LogP contribution in [0.15, 0.2) is 65.1 Å². The SMILES string of the molecule is C=C(/C=N/NC(=O)CN(C)CCN(C)Cc1cccc(C(F)(F)F)c1)/C(O)=C\C(=C/C)N(CC)CC. The Kier molecular flexibility index (Phi) is 13.0. The minimum absolute atomic E-state index is 0.0473. The van der Waals surface area contributed by atoms with Crippen LogP contribution in [0.4, 0.5) is 13.2 Å². The van der Waals surface area contributed by atoms with Crippen LogP contribution in [-0.2, 0) is 17.5 Å². The highest BCUT2D eigenvalue weighted by Gasteiger charge is 2.30. The number of halogens is 3. The summed E-state index contributed by atoms with van der Waals surface area (Å²) in [5.74, 6) is -0.392. The van der Waals surface area contributed by atoms with E-state index >= 15 is 0 Å². The summed E-state index contributed by atoms with van der Waals surface area (Å²) < 4.78 is 38.6. The lowest BCUT2D eigenvalue weighted by molar-refractivity contribution is -0.137. The van der Waals surface area contributed by atoms with Crippen molar-refractivity contribution >= 4 is 12.1 Å². The van der Waals surface area contributed by atoms with Crippen LogP contribution in [0.1, 0.15) is 31.9 Å². The van der Waals surface area contributed by atoms with Gasteiger partial charge in [-0.25, -0.2) is 5.43 Å². The molecule has 1 aromatic rings. The summed E-state index contributed by atoms with van der Waals surface area (Å²) in [5, 5.41) is 14.1. The number of aliphatic hydroxyl groups excluding tert-OH is 1. The molecule has 0 heterocycles. The number of alkyl halides is 3. The molecule has 10 heteroatoms. The van der Waals surface area contributed by atoms with Crippen LogP contribution in [0.5, 0.6) is 0 Å². The van der Waals surface area contributed by atoms with Gasteiger partial charge in [0.1, 0.15) is 5.76 Å². The van der Waals surface area contributed by atoms with Gasteiger partial charge in [0.25, 0.3) is 5.91 Å². The van der Waals surface area contributed by atoms with Gasteiger partial charge in [0, 0.05) is 50.1 Å². The Morgan fingerprint density at radius 2 is 1.81 bits per heavy atom. The molecule has 0 radical (unpaired) electrons. The average molecular weight is 510 g/mol. The first-order valence-corrected chi connectivity index (χ1v) is 11.8. The highest BCUT2D eigenvalue weighted by Crippen LogP contribution is 2.29. The van der Waals surface area contributed by atoms with Crippen LogP contribution < -0.4 is 5.43 Å². The molecular formula is C26H38F3N5O2. The largest absolute Gasteiger partial charge is 0.507 e. The quantitative estimate of drug-likeness (QED) is 0.168. The van der Waals surface area contributed by atoms with E-state index in [2.05, 4.69) is 22.0 Å². The number of nitrogens with one attached hydrogen (secondary N) is 1. The summed E-state index contributed by atoms with van der Waals surface area (Å²) in [4.78, 5) is 17.9. The zero-order valence-corrected chi connectivity index (χ0v) is 21.8. The first-order chi connectivity index (χ1) is 16.9. The van der Waals surface area contributed by atoms with Gasteiger partial charge in [-0.3, -0.25) is 9.69 Å². The van der Waals surface area contributed by atoms with Gasteiger partial charge in [0.15, 0.2) is 0 Å². The fraction of sp³-hybridized carbons (Fsp3) is 0.462. The zero-order valence-electron chi connectivity index (χ0n) is 21.8. The minimum atomic E-state index is -4.37. The van der Waals surface area contributed by atoms with Gasteiger partial charge in [0.2, 0.25) is 0 Å². The zero-order chi connectivity index (χ0) is 27.3. The molecule has 0 atom stereocenters. The van der Waals surface area contributed by atoms with Crippen molar-refractivity contribution in [2.75, 3.05) is 46.8 Å². The number of aliphatic hydroxyl groups is 1. The monoisotopic (exact) mass is 509 g/mol. The molecule has 7 nitrogen and oxygen atoms in total. The summed E-state index contributed by atoms with van der Waals surface area (Å²) >= 11 is 0. The van der Waals surface area contributed by atoms with Crippen molar-refractivity contribution in [2.45, 2.75) is 33.5 Å². The summed E-state index contributed by atoms with van der Waals surface area (Å²) in [6, 6.07) is 5.26. The smallest absolute Gasteiger partial charge is 0.416 e. The molecule has 1 aromatic carbocycles. The van der Waals surface area contributed by atoms with Crippen LogP contribution in [0.3, 0.4) is 0 Å². The van der Waals surface area contributed by atoms with E-state index in [4.69, 9.17) is 0 Å². The number of rotatable bonds is 14. The maximum Gasteiger partial charge on any atom is 0.416 e. The molecular weight excluding hydrogens is 471 g/mol. The highest BCUT2D eigenvalue weighted by molar-refractivity contribution is 5.85. The van der Waals surface area contributed by atoms with Crippen molar-refractivity contribution in [3.63, 3.8) is 0 Å². The van der Waals surface area contributed by atoms with Crippen LogP contribution in [0, 0.1) is 0 Å². The molecule has 0 unspecified atom stereocenters. The van der Waals surface area contributed by atoms with Crippen molar-refractivity contribution in [2.24, 2.45) is 5.10 Å². The Bertz CT molecular complexity index is 953. The third-order valence-corrected chi connectivity index (χ3v) is 5.43. The molecule has 0 aromatic heterocycles. The van der Waals surface area contributed by atoms with Crippen molar-refractivity contribution in [3.8, 4) is 0 Å². The first-order valence-electron chi connectivity index (χ1n) is 11.8. The number of carbonyl (C=O) groups is 1. The van der Waals surface area contributed by atoms with Crippen LogP contribution in [0.2, 0.25) is 0 Å². The summed E-state index contributed by atoms with van der Waals surface area (Å²) in [6.45, 7) is 12.8. The number of allylic oxidation sites excluding steroid dienone is 3. The molecule has 36 heavy (non-hydrogen) atoms. The number of amides is 1. The van der Waals surface area contributed by atoms with Gasteiger partial charge in [-0.15, -0.1) is 0 Å². The number of benzene rings is 1. The maximum atomic E-state index is 12.9. The van der Waals surface area contributed by atoms with E-state index in [0.29, 0.717) is 25.2 Å². The van der Waals surface area contributed by atoms with E-state index in [1.165, 1.54) is 12.3 Å². The van der Waals surface area contributed by atoms with Gasteiger partial charge < -0.3 is 14.9 Å². The lowest BCUT2D eigenvalue weighted by Crippen LogP contribution is -2.37. The highest BCUT2D eigenvalue weighted by atomic mass is 19.4. The number of carbonyl (C=O) groups excluding carboxylic acids is 1. The molecule has 0 aliphatic rings. The van der Waals surface area contributed by atoms with Crippen LogP contribution in [0.25, 0.3) is 0 Å². The Morgan fingerprint density at radius 1 is 1.17 bits per heavy atom. The molecule has 0 bridgehead atoms. The predicted molar refractivity (Wildman–Crippen MR) is 138 cm³/mol. The van der Waals surface area contributed by atoms with Crippen molar-refractivity contribution in [1.29, 1.82) is 0 Å². The average Bonchev–Trinajstić information content (AvgIpc) is 2.82. The van der Waals surface area contributed by atoms with E-state index < -0.39 is 11.7 Å². The number of likely N-dealkylation sites (N-methyl/N-ethyl adjacent to an activating group) is 3. The van der Waals surface area contributed by atoms with Crippen LogP contribution >= 0.6 is 0 Å². The molecule has 0 fully saturated rings. The number of nitrogens with zero attached hydrogens (tertiary/aromatic N) is 4. The van der Waals surface area contributed by atoms with E-state index in [1.807, 2.05) is 38.8 Å². The van der Waals surface area contributed by atoms with Gasteiger partial charge in [-0.05, 0) is 46.5 Å². The molecule has 1 rings (SSSR count). The molecule has 200 valence electrons. The fourth-order valence-corrected chi connectivity index (χ4v) is 3.36. The Morgan fingerprint density at radius 3 is 2.39 bits per heavy atom. The normalized spacial score (nSPS) is 13.1. The van der Waals surface area contributed by atoms with Crippen LogP contribution in [-0.4, -0.2) is 78.7 Å². The summed E-state index contributed by atoms with van der Waals surface area (Å²) in [7, 11) is 3.57. The van der Waals surface area contributed by atoms with Crippen molar-refractivity contribution in [1.82, 2.24) is 20.1 Å². The molecule has 0 aliphatic heterocycles. The third-order valence-electron chi connectivity index (χ3n) is 5.43. The van der Waals surface area contributed by atoms with Gasteiger partial charge in [0.05, 0.1) is 18.3 Å². The Labute approximate surface area is 212 Å². The van der Waals surface area contributed by atoms with Gasteiger partial charge in [-0.2, -0.15) is 18.3 Å². The summed E-state index contributed by atoms with van der Waals surface area (Å²) in [6.07, 6.45) is 0.407. The molecule has 1 amide bonds. The molecule has 0 saturated heterocycles. The molecule has 0 spiro atoms. The van der Waals surface area contributed by atoms with E-state index in [1.54, 1.807) is 24.1 Å². The van der Waals surface area contributed by atoms with E-state index in [0.717, 1.165) is 30.9 Å². The minimum Gasteiger partial charge on any atom is -0.507 e. The fourth-order valence-electron chi connectivity index (χ4n) is 3.36. The molecule has 0 saturated carbocycles. The topological polar surface area (TPSA) is 71.4 Å². The second-order valence-electron chi connectivity index (χ2n) is 8.41. The van der Waals surface area contributed by atoms with Crippen molar-refractivity contribution in [3.05, 3.63) is 71.2 Å². The van der Waals surface area contributed by atoms with Crippen molar-refractivity contribution < 1.29 is 23.1 Å². The maximum absolute atomic E-state index is 12.9. The molecule has 0 aliphatic carbocycles. The first kappa shape index (κ1) is 30.9. The Balaban J connectivity index is 2.48. The molecule has 2 N–H and O–H groups in total. The second-order valence-corrected chi connectivity index (χ2v) is 8.41. The lowest BCUT2D eigenvalue weighted by Gasteiger charge is -2.22. The number of hydrogen-bond acceptors (Lipinski definition) is 6. The number of hydrogen-bond donors (Lipinski definition) is 2.